The topological polar surface area (TPSA) is 64.8 Å². The predicted octanol–water partition coefficient (Wildman–Crippen LogP) is 3.27. The Bertz CT molecular complexity index is 965. The van der Waals surface area contributed by atoms with Gasteiger partial charge >= 0.3 is 0 Å². The summed E-state index contributed by atoms with van der Waals surface area (Å²) in [5.74, 6) is 0. The van der Waals surface area contributed by atoms with Crippen LogP contribution >= 0.6 is 0 Å². The number of aryl methyl sites for hydroxylation is 1. The lowest BCUT2D eigenvalue weighted by Gasteiger charge is -2.15. The van der Waals surface area contributed by atoms with Gasteiger partial charge in [0.25, 0.3) is 10.0 Å². The van der Waals surface area contributed by atoms with Gasteiger partial charge in [-0.25, -0.2) is 0 Å². The van der Waals surface area contributed by atoms with Gasteiger partial charge in [-0.15, -0.1) is 0 Å². The lowest BCUT2D eigenvalue weighted by atomic mass is 9.90. The normalized spacial score (nSPS) is 12.7. The molecule has 5 nitrogen and oxygen atoms in total. The molecule has 0 fully saturated rings. The second-order valence-electron chi connectivity index (χ2n) is 6.65. The molecule has 3 rings (SSSR count). The van der Waals surface area contributed by atoms with Crippen molar-refractivity contribution in [2.24, 2.45) is 0 Å². The molecule has 3 aromatic rings. The average molecular weight is 329 g/mol. The first-order valence-corrected chi connectivity index (χ1v) is 8.81. The van der Waals surface area contributed by atoms with E-state index in [-0.39, 0.29) is 10.3 Å². The summed E-state index contributed by atoms with van der Waals surface area (Å²) in [5.41, 5.74) is 1.99. The highest BCUT2D eigenvalue weighted by atomic mass is 32.2. The molecule has 0 saturated heterocycles. The molecule has 0 aliphatic heterocycles. The molecule has 0 amide bonds. The van der Waals surface area contributed by atoms with E-state index < -0.39 is 10.0 Å². The first-order valence-electron chi connectivity index (χ1n) is 7.37. The van der Waals surface area contributed by atoms with E-state index in [1.165, 1.54) is 0 Å². The zero-order chi connectivity index (χ0) is 16.8. The Hall–Kier alpha value is -2.21. The van der Waals surface area contributed by atoms with E-state index in [4.69, 9.17) is 0 Å². The quantitative estimate of drug-likeness (QED) is 0.724. The van der Waals surface area contributed by atoms with Crippen LogP contribution in [0.5, 0.6) is 0 Å². The maximum absolute atomic E-state index is 13.0. The zero-order valence-electron chi connectivity index (χ0n) is 13.6. The van der Waals surface area contributed by atoms with Gasteiger partial charge in [-0.1, -0.05) is 38.5 Å². The summed E-state index contributed by atoms with van der Waals surface area (Å²) in [6, 6.07) is 8.46. The number of rotatable bonds is 2. The van der Waals surface area contributed by atoms with Crippen molar-refractivity contribution in [1.29, 1.82) is 0 Å². The van der Waals surface area contributed by atoms with Gasteiger partial charge in [-0.2, -0.15) is 17.6 Å². The van der Waals surface area contributed by atoms with Gasteiger partial charge in [0.05, 0.1) is 16.1 Å². The minimum Gasteiger partial charge on any atom is -0.264 e. The Morgan fingerprint density at radius 2 is 1.70 bits per heavy atom. The molecular formula is C17H19N3O2S. The molecule has 0 aliphatic carbocycles. The predicted molar refractivity (Wildman–Crippen MR) is 90.0 cm³/mol. The maximum atomic E-state index is 13.0. The average Bonchev–Trinajstić information content (AvgIpc) is 2.88. The molecule has 0 radical (unpaired) electrons. The lowest BCUT2D eigenvalue weighted by molar-refractivity contribution is 0.556. The number of nitrogens with zero attached hydrogens (tertiary/aromatic N) is 3. The van der Waals surface area contributed by atoms with Crippen LogP contribution in [0.4, 0.5) is 0 Å². The molecule has 0 saturated carbocycles. The molecule has 23 heavy (non-hydrogen) atoms. The highest BCUT2D eigenvalue weighted by Gasteiger charge is 2.27. The third-order valence-electron chi connectivity index (χ3n) is 3.71. The molecule has 0 aliphatic rings. The van der Waals surface area contributed by atoms with Crippen LogP contribution in [-0.4, -0.2) is 22.6 Å². The number of hydrogen-bond donors (Lipinski definition) is 0. The Labute approximate surface area is 136 Å². The van der Waals surface area contributed by atoms with Crippen LogP contribution in [0.25, 0.3) is 10.9 Å². The summed E-state index contributed by atoms with van der Waals surface area (Å²) in [4.78, 5) is 4.35. The SMILES string of the molecule is Cc1ccc(S(=O)(=O)n2nc(C(C)(C)C)c3cnccc32)cc1. The van der Waals surface area contributed by atoms with E-state index in [1.54, 1.807) is 42.7 Å². The van der Waals surface area contributed by atoms with E-state index in [1.807, 2.05) is 27.7 Å². The Morgan fingerprint density at radius 1 is 1.04 bits per heavy atom. The summed E-state index contributed by atoms with van der Waals surface area (Å²) < 4.78 is 27.1. The lowest BCUT2D eigenvalue weighted by Crippen LogP contribution is -2.17. The third kappa shape index (κ3) is 2.63. The monoisotopic (exact) mass is 329 g/mol. The second kappa shape index (κ2) is 5.16. The number of fused-ring (bicyclic) bond motifs is 1. The number of pyridine rings is 1. The molecular weight excluding hydrogens is 310 g/mol. The van der Waals surface area contributed by atoms with Gasteiger partial charge in [-0.3, -0.25) is 4.98 Å². The van der Waals surface area contributed by atoms with Crippen LogP contribution in [-0.2, 0) is 15.4 Å². The van der Waals surface area contributed by atoms with Gasteiger partial charge in [0, 0.05) is 23.2 Å². The summed E-state index contributed by atoms with van der Waals surface area (Å²) >= 11 is 0. The third-order valence-corrected chi connectivity index (χ3v) is 5.31. The van der Waals surface area contributed by atoms with Crippen molar-refractivity contribution < 1.29 is 8.42 Å². The van der Waals surface area contributed by atoms with Gasteiger partial charge in [0.15, 0.2) is 0 Å². The Morgan fingerprint density at radius 3 is 2.30 bits per heavy atom. The fourth-order valence-corrected chi connectivity index (χ4v) is 3.77. The van der Waals surface area contributed by atoms with E-state index in [2.05, 4.69) is 10.1 Å². The highest BCUT2D eigenvalue weighted by molar-refractivity contribution is 7.90. The standard InChI is InChI=1S/C17H19N3O2S/c1-12-5-7-13(8-6-12)23(21,22)20-15-9-10-18-11-14(15)16(19-20)17(2,3)4/h5-11H,1-4H3. The molecule has 0 N–H and O–H groups in total. The molecule has 0 spiro atoms. The Balaban J connectivity index is 2.30. The fourth-order valence-electron chi connectivity index (χ4n) is 2.48. The van der Waals surface area contributed by atoms with E-state index in [9.17, 15) is 8.42 Å². The van der Waals surface area contributed by atoms with Crippen LogP contribution in [0.2, 0.25) is 0 Å². The molecule has 0 atom stereocenters. The minimum atomic E-state index is -3.74. The number of hydrogen-bond acceptors (Lipinski definition) is 4. The van der Waals surface area contributed by atoms with Crippen molar-refractivity contribution in [3.8, 4) is 0 Å². The van der Waals surface area contributed by atoms with Gasteiger partial charge in [0.1, 0.15) is 0 Å². The van der Waals surface area contributed by atoms with Crippen LogP contribution in [0.3, 0.4) is 0 Å². The first kappa shape index (κ1) is 15.7. The van der Waals surface area contributed by atoms with Gasteiger partial charge in [-0.05, 0) is 25.1 Å². The summed E-state index contributed by atoms with van der Waals surface area (Å²) in [6.07, 6.45) is 3.25. The highest BCUT2D eigenvalue weighted by Crippen LogP contribution is 2.30. The van der Waals surface area contributed by atoms with Crippen molar-refractivity contribution in [3.05, 3.63) is 54.0 Å². The van der Waals surface area contributed by atoms with Crippen LogP contribution in [0, 0.1) is 6.92 Å². The molecule has 2 heterocycles. The summed E-state index contributed by atoms with van der Waals surface area (Å²) in [5, 5.41) is 5.18. The zero-order valence-corrected chi connectivity index (χ0v) is 14.4. The molecule has 0 bridgehead atoms. The molecule has 2 aromatic heterocycles. The van der Waals surface area contributed by atoms with Crippen LogP contribution in [0.1, 0.15) is 32.0 Å². The number of benzene rings is 1. The van der Waals surface area contributed by atoms with E-state index >= 15 is 0 Å². The summed E-state index contributed by atoms with van der Waals surface area (Å²) in [7, 11) is -3.74. The molecule has 120 valence electrons. The van der Waals surface area contributed by atoms with Crippen molar-refractivity contribution in [2.75, 3.05) is 0 Å². The van der Waals surface area contributed by atoms with E-state index in [0.717, 1.165) is 20.7 Å². The van der Waals surface area contributed by atoms with Gasteiger partial charge in [0.2, 0.25) is 0 Å². The summed E-state index contributed by atoms with van der Waals surface area (Å²) in [6.45, 7) is 7.93. The van der Waals surface area contributed by atoms with Crippen molar-refractivity contribution in [2.45, 2.75) is 38.0 Å². The van der Waals surface area contributed by atoms with Crippen molar-refractivity contribution in [3.63, 3.8) is 0 Å². The van der Waals surface area contributed by atoms with Gasteiger partial charge < -0.3 is 0 Å². The largest absolute Gasteiger partial charge is 0.283 e. The smallest absolute Gasteiger partial charge is 0.264 e. The van der Waals surface area contributed by atoms with E-state index in [0.29, 0.717) is 5.52 Å². The van der Waals surface area contributed by atoms with Crippen molar-refractivity contribution >= 4 is 20.9 Å². The fraction of sp³-hybridized carbons (Fsp3) is 0.294. The first-order chi connectivity index (χ1) is 10.7. The molecule has 6 heteroatoms. The Kier molecular flexibility index (Phi) is 3.52. The maximum Gasteiger partial charge on any atom is 0.283 e. The second-order valence-corrected chi connectivity index (χ2v) is 8.42. The molecule has 0 unspecified atom stereocenters. The van der Waals surface area contributed by atoms with Crippen LogP contribution in [0.15, 0.2) is 47.6 Å². The molecule has 1 aromatic carbocycles. The van der Waals surface area contributed by atoms with Crippen LogP contribution < -0.4 is 0 Å². The minimum absolute atomic E-state index is 0.227. The van der Waals surface area contributed by atoms with Crippen molar-refractivity contribution in [1.82, 2.24) is 14.2 Å². The number of aromatic nitrogens is 3.